The quantitative estimate of drug-likeness (QED) is 0.736. The van der Waals surface area contributed by atoms with Gasteiger partial charge in [0.2, 0.25) is 0 Å². The van der Waals surface area contributed by atoms with Crippen LogP contribution in [-0.2, 0) is 12.8 Å². The Bertz CT molecular complexity index is 384. The fourth-order valence-corrected chi connectivity index (χ4v) is 3.07. The van der Waals surface area contributed by atoms with Gasteiger partial charge in [-0.25, -0.2) is 4.98 Å². The van der Waals surface area contributed by atoms with E-state index >= 15 is 0 Å². The van der Waals surface area contributed by atoms with Crippen molar-refractivity contribution >= 4 is 21.7 Å². The van der Waals surface area contributed by atoms with Gasteiger partial charge in [0.05, 0.1) is 0 Å². The molecule has 2 heterocycles. The highest BCUT2D eigenvalue weighted by molar-refractivity contribution is 9.09. The Morgan fingerprint density at radius 1 is 1.19 bits per heavy atom. The number of alkyl halides is 1. The largest absolute Gasteiger partial charge is 0.357 e. The Morgan fingerprint density at radius 2 is 2.00 bits per heavy atom. The van der Waals surface area contributed by atoms with Gasteiger partial charge in [0.25, 0.3) is 0 Å². The van der Waals surface area contributed by atoms with E-state index in [9.17, 15) is 0 Å². The van der Waals surface area contributed by atoms with E-state index in [-0.39, 0.29) is 0 Å². The number of pyridine rings is 1. The van der Waals surface area contributed by atoms with Crippen molar-refractivity contribution < 1.29 is 0 Å². The van der Waals surface area contributed by atoms with Crippen molar-refractivity contribution in [2.24, 2.45) is 0 Å². The van der Waals surface area contributed by atoms with E-state index in [1.807, 2.05) is 0 Å². The van der Waals surface area contributed by atoms with E-state index in [4.69, 9.17) is 4.98 Å². The first-order chi connectivity index (χ1) is 7.83. The van der Waals surface area contributed by atoms with Crippen molar-refractivity contribution in [3.8, 4) is 0 Å². The van der Waals surface area contributed by atoms with Gasteiger partial charge in [-0.1, -0.05) is 22.0 Å². The number of anilines is 1. The molecule has 1 aromatic heterocycles. The fourth-order valence-electron chi connectivity index (χ4n) is 2.66. The summed E-state index contributed by atoms with van der Waals surface area (Å²) in [6.07, 6.45) is 6.16. The third-order valence-corrected chi connectivity index (χ3v) is 4.58. The zero-order valence-corrected chi connectivity index (χ0v) is 11.0. The minimum atomic E-state index is 0.707. The summed E-state index contributed by atoms with van der Waals surface area (Å²) in [6, 6.07) is 4.49. The van der Waals surface area contributed by atoms with Gasteiger partial charge >= 0.3 is 0 Å². The predicted octanol–water partition coefficient (Wildman–Crippen LogP) is 2.93. The van der Waals surface area contributed by atoms with Crippen molar-refractivity contribution in [1.29, 1.82) is 0 Å². The number of hydrogen-bond donors (Lipinski definition) is 0. The van der Waals surface area contributed by atoms with Gasteiger partial charge in [-0.05, 0) is 43.7 Å². The maximum Gasteiger partial charge on any atom is 0.128 e. The van der Waals surface area contributed by atoms with Crippen LogP contribution < -0.4 is 4.90 Å². The average molecular weight is 281 g/mol. The van der Waals surface area contributed by atoms with Crippen molar-refractivity contribution in [2.45, 2.75) is 36.9 Å². The molecule has 0 bridgehead atoms. The molecule has 1 aliphatic carbocycles. The number of hydrogen-bond acceptors (Lipinski definition) is 2. The summed E-state index contributed by atoms with van der Waals surface area (Å²) in [5.41, 5.74) is 2.82. The molecule has 0 unspecified atom stereocenters. The summed E-state index contributed by atoms with van der Waals surface area (Å²) >= 11 is 3.69. The number of rotatable bonds is 1. The minimum Gasteiger partial charge on any atom is -0.357 e. The minimum absolute atomic E-state index is 0.707. The average Bonchev–Trinajstić information content (AvgIpc) is 2.77. The summed E-state index contributed by atoms with van der Waals surface area (Å²) < 4.78 is 0. The lowest BCUT2D eigenvalue weighted by atomic mass is 10.1. The van der Waals surface area contributed by atoms with Crippen molar-refractivity contribution in [3.63, 3.8) is 0 Å². The Morgan fingerprint density at radius 3 is 2.81 bits per heavy atom. The number of aryl methyl sites for hydroxylation is 2. The molecule has 2 aliphatic rings. The van der Waals surface area contributed by atoms with Crippen LogP contribution in [0.3, 0.4) is 0 Å². The van der Waals surface area contributed by atoms with Crippen LogP contribution in [0.5, 0.6) is 0 Å². The second-order valence-corrected chi connectivity index (χ2v) is 6.09. The van der Waals surface area contributed by atoms with Gasteiger partial charge in [0.15, 0.2) is 0 Å². The molecule has 0 spiro atoms. The number of aromatic nitrogens is 1. The number of halogens is 1. The Kier molecular flexibility index (Phi) is 2.88. The summed E-state index contributed by atoms with van der Waals surface area (Å²) in [5, 5.41) is 0. The first-order valence-electron chi connectivity index (χ1n) is 6.21. The summed E-state index contributed by atoms with van der Waals surface area (Å²) in [7, 11) is 0. The van der Waals surface area contributed by atoms with Gasteiger partial charge in [-0.2, -0.15) is 0 Å². The zero-order chi connectivity index (χ0) is 11.0. The molecular formula is C13H17BrN2. The molecule has 16 heavy (non-hydrogen) atoms. The summed E-state index contributed by atoms with van der Waals surface area (Å²) in [4.78, 5) is 7.95. The maximum absolute atomic E-state index is 4.81. The standard InChI is InChI=1S/C13H17BrN2/c14-11-6-8-16(9-7-11)13-5-4-10-2-1-3-12(10)15-13/h4-5,11H,1-3,6-9H2. The molecule has 0 radical (unpaired) electrons. The highest BCUT2D eigenvalue weighted by Gasteiger charge is 2.19. The lowest BCUT2D eigenvalue weighted by Gasteiger charge is -2.30. The van der Waals surface area contributed by atoms with Gasteiger partial charge in [-0.15, -0.1) is 0 Å². The van der Waals surface area contributed by atoms with Crippen molar-refractivity contribution in [1.82, 2.24) is 4.98 Å². The molecule has 1 aliphatic heterocycles. The lowest BCUT2D eigenvalue weighted by Crippen LogP contribution is -2.34. The molecular weight excluding hydrogens is 264 g/mol. The Labute approximate surface area is 105 Å². The molecule has 86 valence electrons. The highest BCUT2D eigenvalue weighted by atomic mass is 79.9. The predicted molar refractivity (Wildman–Crippen MR) is 70.4 cm³/mol. The van der Waals surface area contributed by atoms with Crippen LogP contribution in [0.2, 0.25) is 0 Å². The van der Waals surface area contributed by atoms with Crippen LogP contribution in [0, 0.1) is 0 Å². The maximum atomic E-state index is 4.81. The van der Waals surface area contributed by atoms with Gasteiger partial charge in [-0.3, -0.25) is 0 Å². The van der Waals surface area contributed by atoms with E-state index in [2.05, 4.69) is 33.0 Å². The van der Waals surface area contributed by atoms with Gasteiger partial charge < -0.3 is 4.90 Å². The first kappa shape index (κ1) is 10.6. The molecule has 0 N–H and O–H groups in total. The number of nitrogens with zero attached hydrogens (tertiary/aromatic N) is 2. The molecule has 0 amide bonds. The molecule has 0 atom stereocenters. The molecule has 3 heteroatoms. The summed E-state index contributed by atoms with van der Waals surface area (Å²) in [6.45, 7) is 2.28. The van der Waals surface area contributed by atoms with Gasteiger partial charge in [0, 0.05) is 23.6 Å². The van der Waals surface area contributed by atoms with Crippen LogP contribution in [0.15, 0.2) is 12.1 Å². The number of piperidine rings is 1. The molecule has 3 rings (SSSR count). The lowest BCUT2D eigenvalue weighted by molar-refractivity contribution is 0.592. The van der Waals surface area contributed by atoms with Crippen LogP contribution in [0.4, 0.5) is 5.82 Å². The van der Waals surface area contributed by atoms with Crippen LogP contribution >= 0.6 is 15.9 Å². The van der Waals surface area contributed by atoms with Crippen LogP contribution in [0.1, 0.15) is 30.5 Å². The molecule has 2 nitrogen and oxygen atoms in total. The fraction of sp³-hybridized carbons (Fsp3) is 0.615. The highest BCUT2D eigenvalue weighted by Crippen LogP contribution is 2.26. The zero-order valence-electron chi connectivity index (χ0n) is 9.45. The monoisotopic (exact) mass is 280 g/mol. The second-order valence-electron chi connectivity index (χ2n) is 4.79. The van der Waals surface area contributed by atoms with E-state index in [0.717, 1.165) is 13.1 Å². The smallest absolute Gasteiger partial charge is 0.128 e. The normalized spacial score (nSPS) is 21.2. The van der Waals surface area contributed by atoms with E-state index in [1.165, 1.54) is 49.2 Å². The third kappa shape index (κ3) is 1.97. The molecule has 0 aromatic carbocycles. The van der Waals surface area contributed by atoms with Crippen molar-refractivity contribution in [2.75, 3.05) is 18.0 Å². The molecule has 1 aromatic rings. The SMILES string of the molecule is BrC1CCN(c2ccc3c(n2)CCC3)CC1. The Hall–Kier alpha value is -0.570. The Balaban J connectivity index is 1.79. The molecule has 0 saturated carbocycles. The van der Waals surface area contributed by atoms with Crippen molar-refractivity contribution in [3.05, 3.63) is 23.4 Å². The van der Waals surface area contributed by atoms with E-state index in [0.29, 0.717) is 4.83 Å². The topological polar surface area (TPSA) is 16.1 Å². The third-order valence-electron chi connectivity index (χ3n) is 3.66. The second kappa shape index (κ2) is 4.36. The van der Waals surface area contributed by atoms with Gasteiger partial charge in [0.1, 0.15) is 5.82 Å². The van der Waals surface area contributed by atoms with Crippen LogP contribution in [-0.4, -0.2) is 22.9 Å². The van der Waals surface area contributed by atoms with E-state index in [1.54, 1.807) is 0 Å². The number of fused-ring (bicyclic) bond motifs is 1. The van der Waals surface area contributed by atoms with Crippen LogP contribution in [0.25, 0.3) is 0 Å². The molecule has 1 fully saturated rings. The first-order valence-corrected chi connectivity index (χ1v) is 7.12. The van der Waals surface area contributed by atoms with E-state index < -0.39 is 0 Å². The molecule has 1 saturated heterocycles. The summed E-state index contributed by atoms with van der Waals surface area (Å²) in [5.74, 6) is 1.19.